The Bertz CT molecular complexity index is 1120. The number of aliphatic hydroxyl groups excluding tert-OH is 1. The van der Waals surface area contributed by atoms with E-state index in [2.05, 4.69) is 15.3 Å². The Balaban J connectivity index is 1.46. The molecule has 1 aliphatic heterocycles. The summed E-state index contributed by atoms with van der Waals surface area (Å²) in [6.45, 7) is 2.14. The van der Waals surface area contributed by atoms with Crippen molar-refractivity contribution in [3.8, 4) is 11.1 Å². The predicted molar refractivity (Wildman–Crippen MR) is 124 cm³/mol. The van der Waals surface area contributed by atoms with E-state index in [1.54, 1.807) is 58.5 Å². The van der Waals surface area contributed by atoms with Crippen molar-refractivity contribution in [3.05, 3.63) is 72.8 Å². The molecule has 3 aromatic rings. The number of aromatic nitrogens is 3. The summed E-state index contributed by atoms with van der Waals surface area (Å²) in [7, 11) is 0. The number of carbonyl (C=O) groups is 2. The lowest BCUT2D eigenvalue weighted by molar-refractivity contribution is -0.141. The first-order valence-corrected chi connectivity index (χ1v) is 11.4. The first kappa shape index (κ1) is 23.6. The van der Waals surface area contributed by atoms with E-state index in [1.807, 2.05) is 6.92 Å². The van der Waals surface area contributed by atoms with Gasteiger partial charge >= 0.3 is 0 Å². The number of rotatable bonds is 8. The van der Waals surface area contributed by atoms with Gasteiger partial charge in [0.15, 0.2) is 0 Å². The molecule has 2 aromatic heterocycles. The number of aliphatic hydroxyl groups is 1. The number of nitrogens with zero attached hydrogens (tertiary/aromatic N) is 4. The Kier molecular flexibility index (Phi) is 7.32. The summed E-state index contributed by atoms with van der Waals surface area (Å²) >= 11 is 0. The van der Waals surface area contributed by atoms with Gasteiger partial charge in [0.25, 0.3) is 0 Å². The SMILES string of the molecule is CC[C@@H](C(=O)N1CCC[C@H]1C(=O)N[C@@H](CO)c1ccc(-c2ccncc2F)cc1)n1ccnc1. The minimum atomic E-state index is -0.642. The molecule has 8 nitrogen and oxygen atoms in total. The lowest BCUT2D eigenvalue weighted by Crippen LogP contribution is -2.49. The van der Waals surface area contributed by atoms with Gasteiger partial charge in [0.05, 0.1) is 25.2 Å². The third kappa shape index (κ3) is 4.84. The summed E-state index contributed by atoms with van der Waals surface area (Å²) in [6, 6.07) is 6.93. The standard InChI is InChI=1S/C25H28FN5O3/c1-2-22(30-13-11-28-16-30)25(34)31-12-3-4-23(31)24(33)29-21(15-32)18-7-5-17(6-8-18)19-9-10-27-14-20(19)26/h5-11,13-14,16,21-23,32H,2-4,12,15H2,1H3,(H,29,33)/t21-,22-,23-/m0/s1. The molecule has 0 bridgehead atoms. The van der Waals surface area contributed by atoms with E-state index in [0.29, 0.717) is 36.1 Å². The molecule has 0 aliphatic carbocycles. The molecule has 1 aromatic carbocycles. The highest BCUT2D eigenvalue weighted by Gasteiger charge is 2.37. The lowest BCUT2D eigenvalue weighted by Gasteiger charge is -2.29. The van der Waals surface area contributed by atoms with Gasteiger partial charge in [0, 0.05) is 30.7 Å². The van der Waals surface area contributed by atoms with E-state index in [0.717, 1.165) is 12.6 Å². The smallest absolute Gasteiger partial charge is 0.246 e. The van der Waals surface area contributed by atoms with Crippen LogP contribution < -0.4 is 5.32 Å². The molecule has 4 rings (SSSR count). The minimum absolute atomic E-state index is 0.109. The quantitative estimate of drug-likeness (QED) is 0.533. The van der Waals surface area contributed by atoms with Gasteiger partial charge in [-0.1, -0.05) is 31.2 Å². The topological polar surface area (TPSA) is 100 Å². The first-order valence-electron chi connectivity index (χ1n) is 11.4. The van der Waals surface area contributed by atoms with Crippen LogP contribution in [-0.2, 0) is 9.59 Å². The van der Waals surface area contributed by atoms with Crippen molar-refractivity contribution in [1.82, 2.24) is 24.8 Å². The summed E-state index contributed by atoms with van der Waals surface area (Å²) in [5, 5.41) is 12.8. The van der Waals surface area contributed by atoms with Crippen LogP contribution in [0.5, 0.6) is 0 Å². The number of halogens is 1. The Morgan fingerprint density at radius 3 is 2.65 bits per heavy atom. The molecule has 0 spiro atoms. The Hall–Kier alpha value is -3.59. The van der Waals surface area contributed by atoms with E-state index in [1.165, 1.54) is 6.20 Å². The fraction of sp³-hybridized carbons (Fsp3) is 0.360. The number of likely N-dealkylation sites (tertiary alicyclic amines) is 1. The molecule has 34 heavy (non-hydrogen) atoms. The highest BCUT2D eigenvalue weighted by Crippen LogP contribution is 2.26. The van der Waals surface area contributed by atoms with Crippen LogP contribution in [0.3, 0.4) is 0 Å². The average molecular weight is 466 g/mol. The van der Waals surface area contributed by atoms with Crippen LogP contribution in [0.2, 0.25) is 0 Å². The molecular formula is C25H28FN5O3. The van der Waals surface area contributed by atoms with Crippen LogP contribution >= 0.6 is 0 Å². The normalized spacial score (nSPS) is 17.4. The maximum atomic E-state index is 14.0. The highest BCUT2D eigenvalue weighted by molar-refractivity contribution is 5.90. The summed E-state index contributed by atoms with van der Waals surface area (Å²) in [6.07, 6.45) is 9.56. The van der Waals surface area contributed by atoms with Crippen LogP contribution in [0.15, 0.2) is 61.4 Å². The molecule has 1 fully saturated rings. The van der Waals surface area contributed by atoms with E-state index in [-0.39, 0.29) is 18.4 Å². The number of amides is 2. The summed E-state index contributed by atoms with van der Waals surface area (Å²) in [5.41, 5.74) is 1.79. The molecule has 2 N–H and O–H groups in total. The number of carbonyl (C=O) groups excluding carboxylic acids is 2. The third-order valence-electron chi connectivity index (χ3n) is 6.29. The van der Waals surface area contributed by atoms with Gasteiger partial charge < -0.3 is 19.9 Å². The minimum Gasteiger partial charge on any atom is -0.394 e. The fourth-order valence-electron chi connectivity index (χ4n) is 4.47. The molecule has 3 heterocycles. The third-order valence-corrected chi connectivity index (χ3v) is 6.29. The molecule has 0 radical (unpaired) electrons. The number of hydrogen-bond donors (Lipinski definition) is 2. The number of pyridine rings is 1. The second-order valence-corrected chi connectivity index (χ2v) is 8.34. The molecule has 0 saturated carbocycles. The lowest BCUT2D eigenvalue weighted by atomic mass is 10.0. The van der Waals surface area contributed by atoms with E-state index in [4.69, 9.17) is 0 Å². The van der Waals surface area contributed by atoms with Crippen molar-refractivity contribution in [2.75, 3.05) is 13.2 Å². The van der Waals surface area contributed by atoms with E-state index in [9.17, 15) is 19.1 Å². The molecule has 3 atom stereocenters. The largest absolute Gasteiger partial charge is 0.394 e. The van der Waals surface area contributed by atoms with Crippen molar-refractivity contribution in [1.29, 1.82) is 0 Å². The second-order valence-electron chi connectivity index (χ2n) is 8.34. The van der Waals surface area contributed by atoms with Gasteiger partial charge in [0.2, 0.25) is 11.8 Å². The van der Waals surface area contributed by atoms with Gasteiger partial charge in [-0.05, 0) is 36.5 Å². The number of hydrogen-bond acceptors (Lipinski definition) is 5. The first-order chi connectivity index (χ1) is 16.5. The molecule has 2 amide bonds. The molecule has 9 heteroatoms. The zero-order valence-corrected chi connectivity index (χ0v) is 19.0. The molecular weight excluding hydrogens is 437 g/mol. The summed E-state index contributed by atoms with van der Waals surface area (Å²) < 4.78 is 15.8. The van der Waals surface area contributed by atoms with Crippen LogP contribution in [0.1, 0.15) is 43.8 Å². The predicted octanol–water partition coefficient (Wildman–Crippen LogP) is 2.88. The van der Waals surface area contributed by atoms with Gasteiger partial charge in [-0.15, -0.1) is 0 Å². The second kappa shape index (κ2) is 10.6. The van der Waals surface area contributed by atoms with Gasteiger partial charge in [0.1, 0.15) is 17.9 Å². The highest BCUT2D eigenvalue weighted by atomic mass is 19.1. The van der Waals surface area contributed by atoms with Crippen molar-refractivity contribution in [3.63, 3.8) is 0 Å². The molecule has 1 saturated heterocycles. The zero-order chi connectivity index (χ0) is 24.1. The Morgan fingerprint density at radius 2 is 2.00 bits per heavy atom. The molecule has 1 aliphatic rings. The van der Waals surface area contributed by atoms with Crippen LogP contribution in [0.4, 0.5) is 4.39 Å². The monoisotopic (exact) mass is 465 g/mol. The van der Waals surface area contributed by atoms with Crippen molar-refractivity contribution in [2.24, 2.45) is 0 Å². The average Bonchev–Trinajstić information content (AvgIpc) is 3.56. The number of benzene rings is 1. The van der Waals surface area contributed by atoms with Crippen LogP contribution in [-0.4, -0.2) is 55.5 Å². The van der Waals surface area contributed by atoms with Crippen molar-refractivity contribution < 1.29 is 19.1 Å². The van der Waals surface area contributed by atoms with Crippen LogP contribution in [0.25, 0.3) is 11.1 Å². The van der Waals surface area contributed by atoms with Crippen LogP contribution in [0, 0.1) is 5.82 Å². The van der Waals surface area contributed by atoms with Gasteiger partial charge in [-0.25, -0.2) is 9.37 Å². The zero-order valence-electron chi connectivity index (χ0n) is 19.0. The van der Waals surface area contributed by atoms with Crippen molar-refractivity contribution in [2.45, 2.75) is 44.3 Å². The maximum absolute atomic E-state index is 14.0. The molecule has 0 unspecified atom stereocenters. The summed E-state index contributed by atoms with van der Waals surface area (Å²) in [4.78, 5) is 35.8. The number of nitrogens with one attached hydrogen (secondary N) is 1. The van der Waals surface area contributed by atoms with E-state index >= 15 is 0 Å². The van der Waals surface area contributed by atoms with Crippen molar-refractivity contribution >= 4 is 11.8 Å². The Labute approximate surface area is 197 Å². The van der Waals surface area contributed by atoms with Gasteiger partial charge in [-0.2, -0.15) is 0 Å². The Morgan fingerprint density at radius 1 is 1.21 bits per heavy atom. The fourth-order valence-corrected chi connectivity index (χ4v) is 4.47. The molecule has 178 valence electrons. The maximum Gasteiger partial charge on any atom is 0.246 e. The summed E-state index contributed by atoms with van der Waals surface area (Å²) in [5.74, 6) is -0.827. The van der Waals surface area contributed by atoms with E-state index < -0.39 is 23.9 Å². The number of imidazole rings is 1. The van der Waals surface area contributed by atoms with Gasteiger partial charge in [-0.3, -0.25) is 14.6 Å².